The monoisotopic (exact) mass is 376 g/mol. The molecule has 0 bridgehead atoms. The van der Waals surface area contributed by atoms with E-state index in [4.69, 9.17) is 9.47 Å². The number of carbonyl (C=O) groups excluding carboxylic acids is 1. The van der Waals surface area contributed by atoms with Crippen LogP contribution >= 0.6 is 0 Å². The van der Waals surface area contributed by atoms with Gasteiger partial charge < -0.3 is 19.7 Å². The molecule has 3 aromatic carbocycles. The smallest absolute Gasteiger partial charge is 0.225 e. The lowest BCUT2D eigenvalue weighted by Crippen LogP contribution is -2.40. The minimum absolute atomic E-state index is 0.00867. The highest BCUT2D eigenvalue weighted by molar-refractivity contribution is 6.02. The topological polar surface area (TPSA) is 50.8 Å². The summed E-state index contributed by atoms with van der Waals surface area (Å²) in [5, 5.41) is 5.21. The third kappa shape index (κ3) is 4.26. The van der Waals surface area contributed by atoms with Crippen molar-refractivity contribution in [2.45, 2.75) is 12.5 Å². The number of amides is 1. The predicted octanol–water partition coefficient (Wildman–Crippen LogP) is 3.94. The molecular weight excluding hydrogens is 352 g/mol. The zero-order valence-electron chi connectivity index (χ0n) is 15.9. The van der Waals surface area contributed by atoms with Crippen LogP contribution in [0.15, 0.2) is 66.7 Å². The van der Waals surface area contributed by atoms with Crippen molar-refractivity contribution in [2.24, 2.45) is 0 Å². The summed E-state index contributed by atoms with van der Waals surface area (Å²) in [4.78, 5) is 14.5. The van der Waals surface area contributed by atoms with E-state index in [-0.39, 0.29) is 12.0 Å². The number of hydrogen-bond donors (Lipinski definition) is 1. The fourth-order valence-corrected chi connectivity index (χ4v) is 3.43. The number of rotatable bonds is 6. The molecule has 4 rings (SSSR count). The lowest BCUT2D eigenvalue weighted by Gasteiger charge is -2.29. The van der Waals surface area contributed by atoms with Gasteiger partial charge in [-0.1, -0.05) is 48.5 Å². The van der Waals surface area contributed by atoms with E-state index in [1.54, 1.807) is 0 Å². The van der Waals surface area contributed by atoms with E-state index in [2.05, 4.69) is 10.2 Å². The average molecular weight is 376 g/mol. The molecule has 0 aromatic heterocycles. The van der Waals surface area contributed by atoms with Gasteiger partial charge in [0.25, 0.3) is 0 Å². The van der Waals surface area contributed by atoms with Gasteiger partial charge in [-0.2, -0.15) is 0 Å². The molecule has 28 heavy (non-hydrogen) atoms. The maximum atomic E-state index is 12.4. The highest BCUT2D eigenvalue weighted by Gasteiger charge is 2.22. The first-order valence-corrected chi connectivity index (χ1v) is 9.54. The van der Waals surface area contributed by atoms with Crippen LogP contribution in [-0.2, 0) is 4.79 Å². The fourth-order valence-electron chi connectivity index (χ4n) is 3.43. The number of benzene rings is 3. The van der Waals surface area contributed by atoms with E-state index in [0.717, 1.165) is 28.0 Å². The first-order chi connectivity index (χ1) is 13.7. The fraction of sp³-hybridized carbons (Fsp3) is 0.261. The summed E-state index contributed by atoms with van der Waals surface area (Å²) in [6.07, 6.45) is 0.380. The highest BCUT2D eigenvalue weighted by atomic mass is 16.6. The molecule has 0 saturated carbocycles. The number of carbonyl (C=O) groups is 1. The van der Waals surface area contributed by atoms with Gasteiger partial charge in [-0.25, -0.2) is 0 Å². The summed E-state index contributed by atoms with van der Waals surface area (Å²) in [5.74, 6) is 1.58. The highest BCUT2D eigenvalue weighted by Crippen LogP contribution is 2.31. The Bertz CT molecular complexity index is 967. The molecule has 0 unspecified atom stereocenters. The molecule has 5 heteroatoms. The van der Waals surface area contributed by atoms with E-state index in [0.29, 0.717) is 26.1 Å². The van der Waals surface area contributed by atoms with Crippen LogP contribution < -0.4 is 14.8 Å². The first kappa shape index (κ1) is 18.3. The van der Waals surface area contributed by atoms with Crippen molar-refractivity contribution >= 4 is 22.4 Å². The zero-order valence-corrected chi connectivity index (χ0v) is 15.9. The van der Waals surface area contributed by atoms with Crippen molar-refractivity contribution in [3.8, 4) is 11.5 Å². The van der Waals surface area contributed by atoms with Crippen molar-refractivity contribution in [3.05, 3.63) is 66.7 Å². The first-order valence-electron chi connectivity index (χ1n) is 9.54. The Morgan fingerprint density at radius 2 is 1.79 bits per heavy atom. The number of likely N-dealkylation sites (N-methyl/N-ethyl adjacent to an activating group) is 1. The van der Waals surface area contributed by atoms with Crippen molar-refractivity contribution in [3.63, 3.8) is 0 Å². The molecular formula is C23H24N2O3. The second-order valence-corrected chi connectivity index (χ2v) is 7.08. The standard InChI is InChI=1S/C23H24N2O3/c1-25(15-18-16-27-21-11-4-5-12-22(21)28-18)14-13-23(26)24-20-10-6-8-17-7-2-3-9-19(17)20/h2-12,18H,13-16H2,1H3,(H,24,26)/t18-/m0/s1. The maximum Gasteiger partial charge on any atom is 0.225 e. The van der Waals surface area contributed by atoms with Crippen LogP contribution in [0.3, 0.4) is 0 Å². The van der Waals surface area contributed by atoms with Crippen LogP contribution in [0.5, 0.6) is 11.5 Å². The lowest BCUT2D eigenvalue weighted by molar-refractivity contribution is -0.116. The average Bonchev–Trinajstić information content (AvgIpc) is 2.72. The molecule has 1 N–H and O–H groups in total. The number of hydrogen-bond acceptors (Lipinski definition) is 4. The molecule has 1 aliphatic rings. The Balaban J connectivity index is 1.28. The SMILES string of the molecule is CN(CCC(=O)Nc1cccc2ccccc12)C[C@H]1COc2ccccc2O1. The molecule has 1 heterocycles. The van der Waals surface area contributed by atoms with Gasteiger partial charge in [-0.05, 0) is 30.6 Å². The Morgan fingerprint density at radius 1 is 1.04 bits per heavy atom. The van der Waals surface area contributed by atoms with Crippen molar-refractivity contribution in [1.82, 2.24) is 4.90 Å². The van der Waals surface area contributed by atoms with Gasteiger partial charge in [0.05, 0.1) is 0 Å². The van der Waals surface area contributed by atoms with Crippen LogP contribution in [0.25, 0.3) is 10.8 Å². The summed E-state index contributed by atoms with van der Waals surface area (Å²) >= 11 is 0. The van der Waals surface area contributed by atoms with Crippen LogP contribution in [0.4, 0.5) is 5.69 Å². The van der Waals surface area contributed by atoms with Crippen molar-refractivity contribution in [1.29, 1.82) is 0 Å². The van der Waals surface area contributed by atoms with Crippen LogP contribution in [0.2, 0.25) is 0 Å². The van der Waals surface area contributed by atoms with Gasteiger partial charge in [0.1, 0.15) is 12.7 Å². The number of fused-ring (bicyclic) bond motifs is 2. The van der Waals surface area contributed by atoms with E-state index < -0.39 is 0 Å². The quantitative estimate of drug-likeness (QED) is 0.708. The third-order valence-electron chi connectivity index (χ3n) is 4.87. The molecule has 0 fully saturated rings. The van der Waals surface area contributed by atoms with Gasteiger partial charge in [-0.15, -0.1) is 0 Å². The second-order valence-electron chi connectivity index (χ2n) is 7.08. The summed E-state index contributed by atoms with van der Waals surface area (Å²) in [6.45, 7) is 1.87. The second kappa shape index (κ2) is 8.31. The maximum absolute atomic E-state index is 12.4. The molecule has 144 valence electrons. The Labute approximate surface area is 164 Å². The Kier molecular flexibility index (Phi) is 5.44. The van der Waals surface area contributed by atoms with Crippen molar-refractivity contribution < 1.29 is 14.3 Å². The van der Waals surface area contributed by atoms with E-state index in [9.17, 15) is 4.79 Å². The molecule has 0 spiro atoms. The Morgan fingerprint density at radius 3 is 2.68 bits per heavy atom. The van der Waals surface area contributed by atoms with Gasteiger partial charge in [0.15, 0.2) is 11.5 Å². The van der Waals surface area contributed by atoms with Crippen LogP contribution in [0, 0.1) is 0 Å². The zero-order chi connectivity index (χ0) is 19.3. The number of nitrogens with zero attached hydrogens (tertiary/aromatic N) is 1. The predicted molar refractivity (Wildman–Crippen MR) is 111 cm³/mol. The van der Waals surface area contributed by atoms with E-state index in [1.807, 2.05) is 73.8 Å². The molecule has 3 aromatic rings. The normalized spacial score (nSPS) is 15.6. The molecule has 1 atom stereocenters. The lowest BCUT2D eigenvalue weighted by atomic mass is 10.1. The van der Waals surface area contributed by atoms with Gasteiger partial charge >= 0.3 is 0 Å². The molecule has 5 nitrogen and oxygen atoms in total. The van der Waals surface area contributed by atoms with Gasteiger partial charge in [0, 0.05) is 30.6 Å². The van der Waals surface area contributed by atoms with E-state index >= 15 is 0 Å². The minimum atomic E-state index is -0.0407. The van der Waals surface area contributed by atoms with Gasteiger partial charge in [0.2, 0.25) is 5.91 Å². The molecule has 1 amide bonds. The summed E-state index contributed by atoms with van der Waals surface area (Å²) < 4.78 is 11.7. The van der Waals surface area contributed by atoms with Gasteiger partial charge in [-0.3, -0.25) is 4.79 Å². The number of nitrogens with one attached hydrogen (secondary N) is 1. The molecule has 0 aliphatic carbocycles. The largest absolute Gasteiger partial charge is 0.486 e. The number of ether oxygens (including phenoxy) is 2. The molecule has 1 aliphatic heterocycles. The molecule has 0 radical (unpaired) electrons. The number of para-hydroxylation sites is 2. The summed E-state index contributed by atoms with van der Waals surface area (Å²) in [5.41, 5.74) is 0.853. The summed E-state index contributed by atoms with van der Waals surface area (Å²) in [7, 11) is 2.00. The van der Waals surface area contributed by atoms with Crippen LogP contribution in [0.1, 0.15) is 6.42 Å². The minimum Gasteiger partial charge on any atom is -0.486 e. The van der Waals surface area contributed by atoms with Crippen molar-refractivity contribution in [2.75, 3.05) is 32.1 Å². The Hall–Kier alpha value is -3.05. The van der Waals surface area contributed by atoms with E-state index in [1.165, 1.54) is 0 Å². The molecule has 0 saturated heterocycles. The summed E-state index contributed by atoms with van der Waals surface area (Å²) in [6, 6.07) is 21.7. The number of anilines is 1. The van der Waals surface area contributed by atoms with Crippen LogP contribution in [-0.4, -0.2) is 43.7 Å². The third-order valence-corrected chi connectivity index (χ3v) is 4.87.